The Morgan fingerprint density at radius 3 is 2.72 bits per heavy atom. The summed E-state index contributed by atoms with van der Waals surface area (Å²) < 4.78 is 9.38. The smallest absolute Gasteiger partial charge is 0.357 e. The summed E-state index contributed by atoms with van der Waals surface area (Å²) in [6.45, 7) is 2.03. The fraction of sp³-hybridized carbons (Fsp3) is 0.455. The molecule has 0 aromatic carbocycles. The van der Waals surface area contributed by atoms with Gasteiger partial charge < -0.3 is 15.2 Å². The van der Waals surface area contributed by atoms with Gasteiger partial charge in [0.25, 0.3) is 0 Å². The third-order valence-electron chi connectivity index (χ3n) is 2.24. The molecule has 7 heteroatoms. The Labute approximate surface area is 104 Å². The number of anilines is 1. The van der Waals surface area contributed by atoms with Crippen molar-refractivity contribution >= 4 is 17.8 Å². The van der Waals surface area contributed by atoms with Crippen molar-refractivity contribution in [3.8, 4) is 0 Å². The number of nitrogens with zero attached hydrogens (tertiary/aromatic N) is 2. The highest BCUT2D eigenvalue weighted by molar-refractivity contribution is 5.90. The lowest BCUT2D eigenvalue weighted by Crippen LogP contribution is -2.14. The normalized spacial score (nSPS) is 9.89. The highest BCUT2D eigenvalue weighted by atomic mass is 16.5. The third-order valence-corrected chi connectivity index (χ3v) is 2.24. The van der Waals surface area contributed by atoms with E-state index in [1.807, 2.05) is 0 Å². The van der Waals surface area contributed by atoms with E-state index >= 15 is 0 Å². The molecule has 0 amide bonds. The molecule has 0 spiro atoms. The number of rotatable bonds is 5. The zero-order chi connectivity index (χ0) is 13.5. The predicted molar refractivity (Wildman–Crippen MR) is 62.7 cm³/mol. The fourth-order valence-electron chi connectivity index (χ4n) is 1.41. The van der Waals surface area contributed by atoms with Gasteiger partial charge >= 0.3 is 11.9 Å². The Bertz CT molecular complexity index is 448. The molecule has 7 nitrogen and oxygen atoms in total. The average molecular weight is 253 g/mol. The first-order chi connectivity index (χ1) is 8.60. The standard InChI is InChI=1S/C11H15N3O4/c1-3-18-8(15)5-4-7-9(11(16)17-2)13-6-14-10(7)12/h6H,3-5H2,1-2H3,(H2,12,13,14). The van der Waals surface area contributed by atoms with Crippen molar-refractivity contribution in [2.24, 2.45) is 0 Å². The lowest BCUT2D eigenvalue weighted by molar-refractivity contribution is -0.143. The maximum Gasteiger partial charge on any atom is 0.357 e. The van der Waals surface area contributed by atoms with Crippen molar-refractivity contribution in [3.63, 3.8) is 0 Å². The van der Waals surface area contributed by atoms with E-state index in [-0.39, 0.29) is 30.3 Å². The fourth-order valence-corrected chi connectivity index (χ4v) is 1.41. The van der Waals surface area contributed by atoms with Crippen LogP contribution in [-0.4, -0.2) is 35.6 Å². The number of aromatic nitrogens is 2. The van der Waals surface area contributed by atoms with Crippen molar-refractivity contribution < 1.29 is 19.1 Å². The molecule has 18 heavy (non-hydrogen) atoms. The summed E-state index contributed by atoms with van der Waals surface area (Å²) in [6.07, 6.45) is 1.51. The van der Waals surface area contributed by atoms with Crippen molar-refractivity contribution in [1.82, 2.24) is 9.97 Å². The molecular formula is C11H15N3O4. The lowest BCUT2D eigenvalue weighted by atomic mass is 10.1. The van der Waals surface area contributed by atoms with E-state index in [0.717, 1.165) is 0 Å². The molecule has 0 aliphatic rings. The molecule has 1 rings (SSSR count). The van der Waals surface area contributed by atoms with Crippen molar-refractivity contribution in [3.05, 3.63) is 17.6 Å². The molecule has 2 N–H and O–H groups in total. The number of methoxy groups -OCH3 is 1. The molecule has 0 fully saturated rings. The molecule has 0 saturated heterocycles. The summed E-state index contributed by atoms with van der Waals surface area (Å²) in [4.78, 5) is 30.3. The Morgan fingerprint density at radius 2 is 2.11 bits per heavy atom. The number of carbonyl (C=O) groups excluding carboxylic acids is 2. The molecule has 1 heterocycles. The van der Waals surface area contributed by atoms with Gasteiger partial charge in [0.15, 0.2) is 5.69 Å². The Morgan fingerprint density at radius 1 is 1.39 bits per heavy atom. The summed E-state index contributed by atoms with van der Waals surface area (Å²) >= 11 is 0. The highest BCUT2D eigenvalue weighted by Crippen LogP contribution is 2.15. The van der Waals surface area contributed by atoms with Crippen LogP contribution in [0.4, 0.5) is 5.82 Å². The van der Waals surface area contributed by atoms with Crippen LogP contribution in [0.15, 0.2) is 6.33 Å². The van der Waals surface area contributed by atoms with Gasteiger partial charge in [-0.05, 0) is 13.3 Å². The highest BCUT2D eigenvalue weighted by Gasteiger charge is 2.18. The second-order valence-corrected chi connectivity index (χ2v) is 3.38. The van der Waals surface area contributed by atoms with Gasteiger partial charge in [0.2, 0.25) is 0 Å². The van der Waals surface area contributed by atoms with Crippen LogP contribution in [0.25, 0.3) is 0 Å². The van der Waals surface area contributed by atoms with E-state index in [1.54, 1.807) is 6.92 Å². The Hall–Kier alpha value is -2.18. The average Bonchev–Trinajstić information content (AvgIpc) is 2.36. The van der Waals surface area contributed by atoms with Crippen LogP contribution in [0.2, 0.25) is 0 Å². The molecule has 0 unspecified atom stereocenters. The molecule has 0 aliphatic carbocycles. The monoisotopic (exact) mass is 253 g/mol. The largest absolute Gasteiger partial charge is 0.466 e. The quantitative estimate of drug-likeness (QED) is 0.754. The van der Waals surface area contributed by atoms with Crippen LogP contribution in [0.3, 0.4) is 0 Å². The van der Waals surface area contributed by atoms with Gasteiger partial charge in [0.1, 0.15) is 12.1 Å². The van der Waals surface area contributed by atoms with E-state index in [1.165, 1.54) is 13.4 Å². The van der Waals surface area contributed by atoms with Crippen LogP contribution in [0, 0.1) is 0 Å². The first kappa shape index (κ1) is 13.9. The molecular weight excluding hydrogens is 238 g/mol. The maximum atomic E-state index is 11.5. The molecule has 1 aromatic rings. The van der Waals surface area contributed by atoms with Gasteiger partial charge in [0, 0.05) is 12.0 Å². The lowest BCUT2D eigenvalue weighted by Gasteiger charge is -2.08. The summed E-state index contributed by atoms with van der Waals surface area (Å²) in [6, 6.07) is 0. The van der Waals surface area contributed by atoms with Gasteiger partial charge in [0.05, 0.1) is 13.7 Å². The van der Waals surface area contributed by atoms with Crippen LogP contribution in [0.1, 0.15) is 29.4 Å². The second kappa shape index (κ2) is 6.53. The summed E-state index contributed by atoms with van der Waals surface area (Å²) in [5, 5.41) is 0. The molecule has 0 bridgehead atoms. The number of esters is 2. The summed E-state index contributed by atoms with van der Waals surface area (Å²) in [5.41, 5.74) is 6.14. The van der Waals surface area contributed by atoms with Crippen molar-refractivity contribution in [2.75, 3.05) is 19.5 Å². The Kier molecular flexibility index (Phi) is 5.04. The number of nitrogens with two attached hydrogens (primary N) is 1. The number of nitrogen functional groups attached to an aromatic ring is 1. The molecule has 0 radical (unpaired) electrons. The number of ether oxygens (including phenoxy) is 2. The zero-order valence-corrected chi connectivity index (χ0v) is 10.3. The number of hydrogen-bond acceptors (Lipinski definition) is 7. The van der Waals surface area contributed by atoms with Crippen LogP contribution in [-0.2, 0) is 20.7 Å². The predicted octanol–water partition coefficient (Wildman–Crippen LogP) is 0.341. The van der Waals surface area contributed by atoms with Crippen molar-refractivity contribution in [2.45, 2.75) is 19.8 Å². The van der Waals surface area contributed by atoms with Gasteiger partial charge in [-0.2, -0.15) is 0 Å². The minimum atomic E-state index is -0.608. The van der Waals surface area contributed by atoms with E-state index in [9.17, 15) is 9.59 Å². The topological polar surface area (TPSA) is 104 Å². The van der Waals surface area contributed by atoms with E-state index in [0.29, 0.717) is 12.2 Å². The third kappa shape index (κ3) is 3.41. The summed E-state index contributed by atoms with van der Waals surface area (Å²) in [5.74, 6) is -0.811. The van der Waals surface area contributed by atoms with Gasteiger partial charge in [-0.25, -0.2) is 14.8 Å². The van der Waals surface area contributed by atoms with Gasteiger partial charge in [-0.3, -0.25) is 4.79 Å². The van der Waals surface area contributed by atoms with E-state index in [2.05, 4.69) is 14.7 Å². The van der Waals surface area contributed by atoms with Crippen LogP contribution < -0.4 is 5.73 Å². The van der Waals surface area contributed by atoms with E-state index in [4.69, 9.17) is 10.5 Å². The minimum Gasteiger partial charge on any atom is -0.466 e. The maximum absolute atomic E-state index is 11.5. The molecule has 98 valence electrons. The molecule has 0 aliphatic heterocycles. The molecule has 0 atom stereocenters. The first-order valence-electron chi connectivity index (χ1n) is 5.43. The SMILES string of the molecule is CCOC(=O)CCc1c(N)ncnc1C(=O)OC. The summed E-state index contributed by atoms with van der Waals surface area (Å²) in [7, 11) is 1.25. The minimum absolute atomic E-state index is 0.0781. The number of hydrogen-bond donors (Lipinski definition) is 1. The van der Waals surface area contributed by atoms with E-state index < -0.39 is 5.97 Å². The van der Waals surface area contributed by atoms with Gasteiger partial charge in [-0.1, -0.05) is 0 Å². The molecule has 0 saturated carbocycles. The van der Waals surface area contributed by atoms with Crippen LogP contribution in [0.5, 0.6) is 0 Å². The molecule has 1 aromatic heterocycles. The van der Waals surface area contributed by atoms with Gasteiger partial charge in [-0.15, -0.1) is 0 Å². The number of carbonyl (C=O) groups is 2. The van der Waals surface area contributed by atoms with Crippen LogP contribution >= 0.6 is 0 Å². The first-order valence-corrected chi connectivity index (χ1v) is 5.43. The van der Waals surface area contributed by atoms with Crippen molar-refractivity contribution in [1.29, 1.82) is 0 Å². The zero-order valence-electron chi connectivity index (χ0n) is 10.3. The second-order valence-electron chi connectivity index (χ2n) is 3.38. The Balaban J connectivity index is 2.86.